The monoisotopic (exact) mass is 359 g/mol. The van der Waals surface area contributed by atoms with Gasteiger partial charge in [0.1, 0.15) is 6.04 Å². The molecule has 0 spiro atoms. The van der Waals surface area contributed by atoms with Crippen LogP contribution in [-0.2, 0) is 21.4 Å². The molecule has 1 amide bonds. The maximum Gasteiger partial charge on any atom is 0.241 e. The minimum absolute atomic E-state index is 0.0464. The first-order chi connectivity index (χ1) is 11.9. The molecule has 7 heteroatoms. The minimum Gasteiger partial charge on any atom is -0.352 e. The number of primary sulfonamides is 1. The Morgan fingerprint density at radius 2 is 1.72 bits per heavy atom. The van der Waals surface area contributed by atoms with Crippen molar-refractivity contribution in [1.29, 1.82) is 0 Å². The summed E-state index contributed by atoms with van der Waals surface area (Å²) in [7, 11) is -3.70. The first-order valence-electron chi connectivity index (χ1n) is 8.14. The molecular formula is C18H21N3O3S. The summed E-state index contributed by atoms with van der Waals surface area (Å²) >= 11 is 0. The number of hydrogen-bond donors (Lipinski definition) is 3. The third kappa shape index (κ3) is 4.88. The molecule has 1 atom stereocenters. The molecule has 132 valence electrons. The maximum atomic E-state index is 12.5. The molecule has 6 nitrogen and oxygen atoms in total. The highest BCUT2D eigenvalue weighted by Gasteiger charge is 2.28. The predicted molar refractivity (Wildman–Crippen MR) is 95.0 cm³/mol. The molecular weight excluding hydrogens is 338 g/mol. The lowest BCUT2D eigenvalue weighted by atomic mass is 10.1. The van der Waals surface area contributed by atoms with E-state index in [0.717, 1.165) is 24.0 Å². The first-order valence-corrected chi connectivity index (χ1v) is 9.68. The van der Waals surface area contributed by atoms with Crippen LogP contribution in [0.15, 0.2) is 59.5 Å². The Labute approximate surface area is 147 Å². The van der Waals surface area contributed by atoms with E-state index in [1.54, 1.807) is 12.1 Å². The van der Waals surface area contributed by atoms with Gasteiger partial charge in [0.05, 0.1) is 4.90 Å². The van der Waals surface area contributed by atoms with Crippen molar-refractivity contribution in [3.63, 3.8) is 0 Å². The van der Waals surface area contributed by atoms with E-state index in [9.17, 15) is 13.2 Å². The number of amides is 1. The van der Waals surface area contributed by atoms with Gasteiger partial charge in [0.25, 0.3) is 0 Å². The average molecular weight is 359 g/mol. The van der Waals surface area contributed by atoms with Gasteiger partial charge in [-0.25, -0.2) is 13.6 Å². The van der Waals surface area contributed by atoms with Gasteiger partial charge in [-0.15, -0.1) is 0 Å². The summed E-state index contributed by atoms with van der Waals surface area (Å²) in [5.41, 5.74) is 1.76. The number of benzene rings is 2. The van der Waals surface area contributed by atoms with Crippen molar-refractivity contribution in [3.05, 3.63) is 65.7 Å². The molecule has 1 saturated carbocycles. The summed E-state index contributed by atoms with van der Waals surface area (Å²) in [6.07, 6.45) is 2.06. The zero-order valence-corrected chi connectivity index (χ0v) is 14.5. The quantitative estimate of drug-likeness (QED) is 0.696. The number of nitrogens with two attached hydrogens (primary N) is 1. The molecule has 1 unspecified atom stereocenters. The highest BCUT2D eigenvalue weighted by Crippen LogP contribution is 2.21. The van der Waals surface area contributed by atoms with Crippen LogP contribution in [0.3, 0.4) is 0 Å². The predicted octanol–water partition coefficient (Wildman–Crippen LogP) is 1.44. The largest absolute Gasteiger partial charge is 0.352 e. The molecule has 1 aliphatic carbocycles. The van der Waals surface area contributed by atoms with Gasteiger partial charge in [0, 0.05) is 12.6 Å². The Kier molecular flexibility index (Phi) is 5.17. The van der Waals surface area contributed by atoms with Crippen LogP contribution in [0.5, 0.6) is 0 Å². The van der Waals surface area contributed by atoms with E-state index >= 15 is 0 Å². The van der Waals surface area contributed by atoms with Gasteiger partial charge >= 0.3 is 0 Å². The molecule has 0 heterocycles. The second-order valence-corrected chi connectivity index (χ2v) is 7.76. The van der Waals surface area contributed by atoms with Crippen molar-refractivity contribution in [1.82, 2.24) is 10.6 Å². The van der Waals surface area contributed by atoms with Crippen molar-refractivity contribution >= 4 is 15.9 Å². The molecule has 1 fully saturated rings. The second-order valence-electron chi connectivity index (χ2n) is 6.20. The summed E-state index contributed by atoms with van der Waals surface area (Å²) in [5, 5.41) is 11.4. The van der Waals surface area contributed by atoms with Gasteiger partial charge in [-0.3, -0.25) is 10.1 Å². The Bertz CT molecular complexity index is 832. The van der Waals surface area contributed by atoms with Crippen LogP contribution in [0.25, 0.3) is 0 Å². The van der Waals surface area contributed by atoms with Gasteiger partial charge in [-0.2, -0.15) is 0 Å². The van der Waals surface area contributed by atoms with E-state index in [0.29, 0.717) is 6.54 Å². The molecule has 0 bridgehead atoms. The molecule has 0 radical (unpaired) electrons. The van der Waals surface area contributed by atoms with E-state index in [2.05, 4.69) is 10.6 Å². The molecule has 3 rings (SSSR count). The summed E-state index contributed by atoms with van der Waals surface area (Å²) in [6, 6.07) is 15.7. The fourth-order valence-corrected chi connectivity index (χ4v) is 3.05. The van der Waals surface area contributed by atoms with E-state index in [1.165, 1.54) is 12.1 Å². The van der Waals surface area contributed by atoms with Crippen LogP contribution in [0.4, 0.5) is 0 Å². The molecule has 2 aromatic carbocycles. The van der Waals surface area contributed by atoms with Crippen molar-refractivity contribution in [3.8, 4) is 0 Å². The van der Waals surface area contributed by atoms with Gasteiger partial charge in [-0.05, 0) is 36.1 Å². The maximum absolute atomic E-state index is 12.5. The summed E-state index contributed by atoms with van der Waals surface area (Å²) in [6.45, 7) is 0.433. The zero-order chi connectivity index (χ0) is 17.9. The number of carbonyl (C=O) groups excluding carboxylic acids is 1. The SMILES string of the molecule is NS(=O)(=O)c1ccc(CNC(C(=O)NC2CC2)c2ccccc2)cc1. The van der Waals surface area contributed by atoms with Crippen LogP contribution >= 0.6 is 0 Å². The van der Waals surface area contributed by atoms with Crippen molar-refractivity contribution in [2.45, 2.75) is 36.4 Å². The average Bonchev–Trinajstić information content (AvgIpc) is 3.39. The highest BCUT2D eigenvalue weighted by molar-refractivity contribution is 7.89. The molecule has 0 aromatic heterocycles. The van der Waals surface area contributed by atoms with E-state index < -0.39 is 16.1 Å². The molecule has 25 heavy (non-hydrogen) atoms. The molecule has 2 aromatic rings. The standard InChI is InChI=1S/C18H21N3O3S/c19-25(23,24)16-10-6-13(7-11-16)12-20-17(14-4-2-1-3-5-14)18(22)21-15-8-9-15/h1-7,10-11,15,17,20H,8-9,12H2,(H,21,22)(H2,19,23,24). The van der Waals surface area contributed by atoms with E-state index in [-0.39, 0.29) is 16.8 Å². The third-order valence-electron chi connectivity index (χ3n) is 4.08. The molecule has 0 saturated heterocycles. The summed E-state index contributed by atoms with van der Waals surface area (Å²) in [5.74, 6) is -0.0464. The van der Waals surface area contributed by atoms with Crippen molar-refractivity contribution < 1.29 is 13.2 Å². The Balaban J connectivity index is 1.70. The zero-order valence-electron chi connectivity index (χ0n) is 13.7. The van der Waals surface area contributed by atoms with Crippen LogP contribution in [0, 0.1) is 0 Å². The number of carbonyl (C=O) groups is 1. The summed E-state index contributed by atoms with van der Waals surface area (Å²) < 4.78 is 22.6. The normalized spacial score (nSPS) is 15.6. The lowest BCUT2D eigenvalue weighted by Gasteiger charge is -2.19. The number of hydrogen-bond acceptors (Lipinski definition) is 4. The number of rotatable bonds is 7. The number of nitrogens with one attached hydrogen (secondary N) is 2. The van der Waals surface area contributed by atoms with Gasteiger partial charge < -0.3 is 5.32 Å². The van der Waals surface area contributed by atoms with Crippen molar-refractivity contribution in [2.75, 3.05) is 0 Å². The summed E-state index contributed by atoms with van der Waals surface area (Å²) in [4.78, 5) is 12.6. The number of sulfonamides is 1. The van der Waals surface area contributed by atoms with Gasteiger partial charge in [-0.1, -0.05) is 42.5 Å². The lowest BCUT2D eigenvalue weighted by Crippen LogP contribution is -2.38. The Morgan fingerprint density at radius 3 is 2.28 bits per heavy atom. The van der Waals surface area contributed by atoms with E-state index in [4.69, 9.17) is 5.14 Å². The topological polar surface area (TPSA) is 101 Å². The van der Waals surface area contributed by atoms with Gasteiger partial charge in [0.15, 0.2) is 0 Å². The van der Waals surface area contributed by atoms with Crippen LogP contribution < -0.4 is 15.8 Å². The van der Waals surface area contributed by atoms with Crippen LogP contribution in [-0.4, -0.2) is 20.4 Å². The van der Waals surface area contributed by atoms with E-state index in [1.807, 2.05) is 30.3 Å². The molecule has 1 aliphatic rings. The minimum atomic E-state index is -3.70. The fourth-order valence-electron chi connectivity index (χ4n) is 2.54. The first kappa shape index (κ1) is 17.6. The van der Waals surface area contributed by atoms with Crippen LogP contribution in [0.2, 0.25) is 0 Å². The van der Waals surface area contributed by atoms with Gasteiger partial charge in [0.2, 0.25) is 15.9 Å². The molecule has 0 aliphatic heterocycles. The second kappa shape index (κ2) is 7.35. The van der Waals surface area contributed by atoms with Crippen molar-refractivity contribution in [2.24, 2.45) is 5.14 Å². The fraction of sp³-hybridized carbons (Fsp3) is 0.278. The van der Waals surface area contributed by atoms with Crippen LogP contribution in [0.1, 0.15) is 30.0 Å². The third-order valence-corrected chi connectivity index (χ3v) is 5.01. The molecule has 4 N–H and O–H groups in total. The Morgan fingerprint density at radius 1 is 1.08 bits per heavy atom. The smallest absolute Gasteiger partial charge is 0.241 e. The highest BCUT2D eigenvalue weighted by atomic mass is 32.2. The lowest BCUT2D eigenvalue weighted by molar-refractivity contribution is -0.123. The Hall–Kier alpha value is -2.22.